The van der Waals surface area contributed by atoms with Crippen LogP contribution in [0, 0.1) is 5.92 Å². The molecule has 4 heteroatoms. The molecule has 0 heterocycles. The molecule has 396 valence electrons. The fourth-order valence-electron chi connectivity index (χ4n) is 9.44. The third kappa shape index (κ3) is 61.0. The highest BCUT2D eigenvalue weighted by Crippen LogP contribution is 2.21. The molecule has 0 aliphatic rings. The summed E-state index contributed by atoms with van der Waals surface area (Å²) >= 11 is 0. The molecule has 0 rings (SSSR count). The molecule has 0 N–H and O–H groups in total. The second kappa shape index (κ2) is 62.0. The van der Waals surface area contributed by atoms with E-state index in [0.717, 1.165) is 19.3 Å². The quantitative estimate of drug-likeness (QED) is 0.0450. The van der Waals surface area contributed by atoms with E-state index in [2.05, 4.69) is 34.6 Å². The predicted octanol–water partition coefficient (Wildman–Crippen LogP) is 22.1. The van der Waals surface area contributed by atoms with Gasteiger partial charge in [0.1, 0.15) is 0 Å². The molecular formula is C62H124O4. The highest BCUT2D eigenvalue weighted by atomic mass is 16.5. The van der Waals surface area contributed by atoms with E-state index < -0.39 is 0 Å². The van der Waals surface area contributed by atoms with Crippen molar-refractivity contribution in [3.63, 3.8) is 0 Å². The monoisotopic (exact) mass is 933 g/mol. The Bertz CT molecular complexity index is 887. The standard InChI is InChI=1S/C32H64O2.C30H60O2/c1-3-5-7-9-11-13-15-17-19-21-23-25-27-29-31-34-32(33)30-28-26-24-22-20-18-16-14-12-10-8-6-4-2;1-4-7-10-13-15-16-17-18-19-21-24-27-30(31)32-28-29(25-22-12-9-6-3)26-23-20-14-11-8-5-2/h3-31H2,1-2H3;29H,4-28H2,1-3H3. The number of ether oxygens (including phenoxy) is 2. The van der Waals surface area contributed by atoms with Crippen molar-refractivity contribution in [2.24, 2.45) is 5.92 Å². The van der Waals surface area contributed by atoms with Crippen molar-refractivity contribution >= 4 is 11.9 Å². The van der Waals surface area contributed by atoms with Crippen LogP contribution in [0.3, 0.4) is 0 Å². The summed E-state index contributed by atoms with van der Waals surface area (Å²) in [6.07, 6.45) is 68.1. The molecule has 0 radical (unpaired) electrons. The van der Waals surface area contributed by atoms with Crippen LogP contribution in [0.15, 0.2) is 0 Å². The van der Waals surface area contributed by atoms with Gasteiger partial charge in [-0.1, -0.05) is 324 Å². The predicted molar refractivity (Wildman–Crippen MR) is 294 cm³/mol. The third-order valence-corrected chi connectivity index (χ3v) is 14.1. The van der Waals surface area contributed by atoms with Crippen LogP contribution in [-0.2, 0) is 19.1 Å². The molecule has 0 aliphatic heterocycles. The zero-order chi connectivity index (χ0) is 48.3. The summed E-state index contributed by atoms with van der Waals surface area (Å²) in [6.45, 7) is 12.7. The molecule has 0 saturated heterocycles. The summed E-state index contributed by atoms with van der Waals surface area (Å²) in [5.74, 6) is 0.652. The van der Waals surface area contributed by atoms with Gasteiger partial charge < -0.3 is 9.47 Å². The number of hydrogen-bond acceptors (Lipinski definition) is 4. The second-order valence-electron chi connectivity index (χ2n) is 21.0. The van der Waals surface area contributed by atoms with Crippen LogP contribution in [0.1, 0.15) is 369 Å². The molecule has 0 fully saturated rings. The summed E-state index contributed by atoms with van der Waals surface area (Å²) < 4.78 is 11.1. The van der Waals surface area contributed by atoms with Crippen LogP contribution in [0.2, 0.25) is 0 Å². The minimum atomic E-state index is 0.0257. The van der Waals surface area contributed by atoms with E-state index in [1.807, 2.05) is 0 Å². The number of carbonyl (C=O) groups is 2. The van der Waals surface area contributed by atoms with Gasteiger partial charge in [-0.25, -0.2) is 0 Å². The molecule has 0 amide bonds. The lowest BCUT2D eigenvalue weighted by atomic mass is 9.95. The van der Waals surface area contributed by atoms with Crippen LogP contribution in [0.4, 0.5) is 0 Å². The summed E-state index contributed by atoms with van der Waals surface area (Å²) in [7, 11) is 0. The summed E-state index contributed by atoms with van der Waals surface area (Å²) in [6, 6.07) is 0. The van der Waals surface area contributed by atoms with Crippen molar-refractivity contribution in [3.8, 4) is 0 Å². The van der Waals surface area contributed by atoms with Gasteiger partial charge >= 0.3 is 11.9 Å². The van der Waals surface area contributed by atoms with Crippen LogP contribution in [-0.4, -0.2) is 25.2 Å². The van der Waals surface area contributed by atoms with E-state index in [0.29, 0.717) is 32.0 Å². The lowest BCUT2D eigenvalue weighted by molar-refractivity contribution is -0.145. The molecule has 0 bridgehead atoms. The van der Waals surface area contributed by atoms with Gasteiger partial charge in [0.25, 0.3) is 0 Å². The fourth-order valence-corrected chi connectivity index (χ4v) is 9.44. The number of unbranched alkanes of at least 4 members (excludes halogenated alkanes) is 43. The highest BCUT2D eigenvalue weighted by molar-refractivity contribution is 5.69. The molecule has 0 aliphatic carbocycles. The molecule has 0 aromatic carbocycles. The minimum absolute atomic E-state index is 0.0257. The fraction of sp³-hybridized carbons (Fsp3) is 0.968. The summed E-state index contributed by atoms with van der Waals surface area (Å²) in [5, 5.41) is 0. The maximum atomic E-state index is 12.2. The van der Waals surface area contributed by atoms with Crippen molar-refractivity contribution in [1.29, 1.82) is 0 Å². The van der Waals surface area contributed by atoms with Gasteiger partial charge in [0.2, 0.25) is 0 Å². The minimum Gasteiger partial charge on any atom is -0.466 e. The molecule has 1 atom stereocenters. The topological polar surface area (TPSA) is 52.6 Å². The number of carbonyl (C=O) groups excluding carboxylic acids is 2. The Kier molecular flexibility index (Phi) is 62.9. The van der Waals surface area contributed by atoms with Gasteiger partial charge in [0.15, 0.2) is 0 Å². The molecular weight excluding hydrogens is 809 g/mol. The van der Waals surface area contributed by atoms with Crippen molar-refractivity contribution in [2.75, 3.05) is 13.2 Å². The molecule has 66 heavy (non-hydrogen) atoms. The molecule has 0 aromatic rings. The Morgan fingerprint density at radius 3 is 0.758 bits per heavy atom. The highest BCUT2D eigenvalue weighted by Gasteiger charge is 2.12. The number of esters is 2. The lowest BCUT2D eigenvalue weighted by Gasteiger charge is -2.17. The zero-order valence-electron chi connectivity index (χ0n) is 46.4. The van der Waals surface area contributed by atoms with Crippen LogP contribution < -0.4 is 0 Å². The SMILES string of the molecule is CCCCCCCCCCCCCC(=O)OCC(CCCCCC)CCCCCCCC.CCCCCCCCCCCCCCCCOC(=O)CCCCCCCCCCCCCCC. The zero-order valence-corrected chi connectivity index (χ0v) is 46.4. The van der Waals surface area contributed by atoms with E-state index in [1.165, 1.54) is 302 Å². The Morgan fingerprint density at radius 1 is 0.258 bits per heavy atom. The Balaban J connectivity index is 0. The summed E-state index contributed by atoms with van der Waals surface area (Å²) in [5.41, 5.74) is 0. The van der Waals surface area contributed by atoms with Crippen LogP contribution in [0.25, 0.3) is 0 Å². The van der Waals surface area contributed by atoms with Crippen LogP contribution in [0.5, 0.6) is 0 Å². The molecule has 0 spiro atoms. The molecule has 0 aromatic heterocycles. The van der Waals surface area contributed by atoms with Gasteiger partial charge in [-0.05, 0) is 38.0 Å². The first-order chi connectivity index (χ1) is 32.5. The molecule has 4 nitrogen and oxygen atoms in total. The van der Waals surface area contributed by atoms with E-state index >= 15 is 0 Å². The Morgan fingerprint density at radius 2 is 0.470 bits per heavy atom. The van der Waals surface area contributed by atoms with Gasteiger partial charge in [-0.2, -0.15) is 0 Å². The molecule has 0 saturated carbocycles. The Labute approximate surface area is 417 Å². The van der Waals surface area contributed by atoms with E-state index in [4.69, 9.17) is 9.47 Å². The second-order valence-corrected chi connectivity index (χ2v) is 21.0. The van der Waals surface area contributed by atoms with Crippen LogP contribution >= 0.6 is 0 Å². The van der Waals surface area contributed by atoms with Gasteiger partial charge in [-0.15, -0.1) is 0 Å². The van der Waals surface area contributed by atoms with E-state index in [-0.39, 0.29) is 11.9 Å². The first kappa shape index (κ1) is 67.0. The van der Waals surface area contributed by atoms with Gasteiger partial charge in [0.05, 0.1) is 13.2 Å². The number of hydrogen-bond donors (Lipinski definition) is 0. The summed E-state index contributed by atoms with van der Waals surface area (Å²) in [4.78, 5) is 24.1. The van der Waals surface area contributed by atoms with E-state index in [9.17, 15) is 9.59 Å². The molecule has 1 unspecified atom stereocenters. The van der Waals surface area contributed by atoms with E-state index in [1.54, 1.807) is 0 Å². The average Bonchev–Trinajstić information content (AvgIpc) is 3.32. The average molecular weight is 934 g/mol. The number of rotatable bonds is 55. The van der Waals surface area contributed by atoms with Crippen molar-refractivity contribution in [3.05, 3.63) is 0 Å². The lowest BCUT2D eigenvalue weighted by Crippen LogP contribution is -2.14. The van der Waals surface area contributed by atoms with Gasteiger partial charge in [-0.3, -0.25) is 9.59 Å². The van der Waals surface area contributed by atoms with Crippen molar-refractivity contribution < 1.29 is 19.1 Å². The van der Waals surface area contributed by atoms with Crippen molar-refractivity contribution in [1.82, 2.24) is 0 Å². The Hall–Kier alpha value is -1.06. The first-order valence-corrected chi connectivity index (χ1v) is 30.9. The van der Waals surface area contributed by atoms with Gasteiger partial charge in [0, 0.05) is 12.8 Å². The smallest absolute Gasteiger partial charge is 0.305 e. The normalized spacial score (nSPS) is 11.7. The van der Waals surface area contributed by atoms with Crippen molar-refractivity contribution in [2.45, 2.75) is 369 Å². The first-order valence-electron chi connectivity index (χ1n) is 30.9. The third-order valence-electron chi connectivity index (χ3n) is 14.1. The maximum Gasteiger partial charge on any atom is 0.305 e. The maximum absolute atomic E-state index is 12.2. The largest absolute Gasteiger partial charge is 0.466 e.